The van der Waals surface area contributed by atoms with Crippen LogP contribution in [-0.4, -0.2) is 18.5 Å². The first-order chi connectivity index (χ1) is 16.0. The molecule has 1 atom stereocenters. The standard InChI is InChI=1S/C26H25ClN2O3S/c1-3-17-6-11-21(12-7-17)28-26-29-25(30)24(33-26)15-19-8-13-22(23(14-19)31-2)32-16-18-4-9-20(27)10-5-18/h4-15,26,28H,3,16H2,1-2H3,(H,29,30)/b24-15-/t26-/m0/s1. The first-order valence-corrected chi connectivity index (χ1v) is 11.9. The summed E-state index contributed by atoms with van der Waals surface area (Å²) in [6.07, 6.45) is 2.85. The van der Waals surface area contributed by atoms with E-state index in [1.54, 1.807) is 7.11 Å². The highest BCUT2D eigenvalue weighted by Crippen LogP contribution is 2.33. The average Bonchev–Trinajstić information content (AvgIpc) is 3.17. The van der Waals surface area contributed by atoms with Crippen LogP contribution in [0.15, 0.2) is 71.6 Å². The molecule has 2 N–H and O–H groups in total. The quantitative estimate of drug-likeness (QED) is 0.382. The Kier molecular flexibility index (Phi) is 7.47. The molecule has 0 aromatic heterocycles. The van der Waals surface area contributed by atoms with Crippen LogP contribution in [0.2, 0.25) is 5.02 Å². The Bertz CT molecular complexity index is 1150. The molecule has 1 fully saturated rings. The molecular formula is C26H25ClN2O3S. The molecule has 0 unspecified atom stereocenters. The Morgan fingerprint density at radius 2 is 1.76 bits per heavy atom. The smallest absolute Gasteiger partial charge is 0.260 e. The maximum atomic E-state index is 12.5. The number of carbonyl (C=O) groups excluding carboxylic acids is 1. The van der Waals surface area contributed by atoms with Crippen molar-refractivity contribution in [3.05, 3.63) is 93.3 Å². The highest BCUT2D eigenvalue weighted by Gasteiger charge is 2.27. The van der Waals surface area contributed by atoms with E-state index in [2.05, 4.69) is 29.7 Å². The molecule has 0 radical (unpaired) electrons. The number of nitrogens with one attached hydrogen (secondary N) is 2. The van der Waals surface area contributed by atoms with Crippen LogP contribution in [0.1, 0.15) is 23.6 Å². The fraction of sp³-hybridized carbons (Fsp3) is 0.192. The van der Waals surface area contributed by atoms with Crippen LogP contribution >= 0.6 is 23.4 Å². The number of anilines is 1. The lowest BCUT2D eigenvalue weighted by Crippen LogP contribution is -2.30. The molecule has 0 aliphatic carbocycles. The van der Waals surface area contributed by atoms with Crippen LogP contribution in [-0.2, 0) is 17.8 Å². The van der Waals surface area contributed by atoms with Gasteiger partial charge < -0.3 is 20.1 Å². The lowest BCUT2D eigenvalue weighted by Gasteiger charge is -2.13. The minimum atomic E-state index is -0.222. The topological polar surface area (TPSA) is 59.6 Å². The number of aryl methyl sites for hydroxylation is 1. The predicted molar refractivity (Wildman–Crippen MR) is 136 cm³/mol. The molecule has 5 nitrogen and oxygen atoms in total. The summed E-state index contributed by atoms with van der Waals surface area (Å²) in [5, 5.41) is 7.00. The van der Waals surface area contributed by atoms with E-state index >= 15 is 0 Å². The second-order valence-corrected chi connectivity index (χ2v) is 9.08. The van der Waals surface area contributed by atoms with Crippen LogP contribution < -0.4 is 20.1 Å². The van der Waals surface area contributed by atoms with Gasteiger partial charge in [-0.05, 0) is 65.6 Å². The third-order valence-corrected chi connectivity index (χ3v) is 6.46. The SMILES string of the molecule is CCc1ccc(N[C@H]2NC(=O)/C(=C/c3ccc(OCc4ccc(Cl)cc4)c(OC)c3)S2)cc1. The first-order valence-electron chi connectivity index (χ1n) is 10.6. The van der Waals surface area contributed by atoms with E-state index in [-0.39, 0.29) is 11.4 Å². The maximum absolute atomic E-state index is 12.5. The van der Waals surface area contributed by atoms with Gasteiger partial charge in [-0.25, -0.2) is 0 Å². The number of benzene rings is 3. The van der Waals surface area contributed by atoms with Gasteiger partial charge in [0.1, 0.15) is 6.61 Å². The molecule has 1 saturated heterocycles. The van der Waals surface area contributed by atoms with E-state index < -0.39 is 0 Å². The van der Waals surface area contributed by atoms with Crippen LogP contribution in [0, 0.1) is 0 Å². The summed E-state index contributed by atoms with van der Waals surface area (Å²) in [4.78, 5) is 13.1. The van der Waals surface area contributed by atoms with Crippen molar-refractivity contribution in [1.82, 2.24) is 5.32 Å². The molecule has 1 aliphatic heterocycles. The van der Waals surface area contributed by atoms with Crippen LogP contribution in [0.3, 0.4) is 0 Å². The van der Waals surface area contributed by atoms with Crippen molar-refractivity contribution in [3.8, 4) is 11.5 Å². The Morgan fingerprint density at radius 1 is 1.03 bits per heavy atom. The number of carbonyl (C=O) groups is 1. The second-order valence-electron chi connectivity index (χ2n) is 7.50. The molecular weight excluding hydrogens is 456 g/mol. The zero-order valence-electron chi connectivity index (χ0n) is 18.4. The second kappa shape index (κ2) is 10.7. The molecule has 0 bridgehead atoms. The maximum Gasteiger partial charge on any atom is 0.260 e. The zero-order chi connectivity index (χ0) is 23.2. The molecule has 1 heterocycles. The van der Waals surface area contributed by atoms with E-state index in [9.17, 15) is 4.79 Å². The van der Waals surface area contributed by atoms with E-state index in [0.29, 0.717) is 28.0 Å². The summed E-state index contributed by atoms with van der Waals surface area (Å²) in [7, 11) is 1.60. The van der Waals surface area contributed by atoms with Crippen molar-refractivity contribution < 1.29 is 14.3 Å². The van der Waals surface area contributed by atoms with Gasteiger partial charge in [0.2, 0.25) is 0 Å². The highest BCUT2D eigenvalue weighted by molar-refractivity contribution is 8.05. The number of rotatable bonds is 8. The molecule has 170 valence electrons. The van der Waals surface area contributed by atoms with Crippen LogP contribution in [0.4, 0.5) is 5.69 Å². The Hall–Kier alpha value is -3.09. The van der Waals surface area contributed by atoms with E-state index in [0.717, 1.165) is 23.2 Å². The van der Waals surface area contributed by atoms with Crippen LogP contribution in [0.25, 0.3) is 6.08 Å². The van der Waals surface area contributed by atoms with E-state index in [1.807, 2.05) is 60.7 Å². The Morgan fingerprint density at radius 3 is 2.45 bits per heavy atom. The van der Waals surface area contributed by atoms with Crippen molar-refractivity contribution >= 4 is 41.0 Å². The van der Waals surface area contributed by atoms with Gasteiger partial charge in [0.25, 0.3) is 5.91 Å². The van der Waals surface area contributed by atoms with E-state index in [1.165, 1.54) is 17.3 Å². The minimum Gasteiger partial charge on any atom is -0.493 e. The molecule has 0 spiro atoms. The number of hydrogen-bond donors (Lipinski definition) is 2. The molecule has 3 aromatic carbocycles. The summed E-state index contributed by atoms with van der Waals surface area (Å²) in [5.41, 5.74) is 3.89. The summed E-state index contributed by atoms with van der Waals surface area (Å²) < 4.78 is 11.4. The average molecular weight is 481 g/mol. The van der Waals surface area contributed by atoms with Gasteiger partial charge in [0.15, 0.2) is 17.0 Å². The van der Waals surface area contributed by atoms with Crippen molar-refractivity contribution in [2.24, 2.45) is 0 Å². The lowest BCUT2D eigenvalue weighted by atomic mass is 10.1. The van der Waals surface area contributed by atoms with E-state index in [4.69, 9.17) is 21.1 Å². The van der Waals surface area contributed by atoms with Gasteiger partial charge in [-0.2, -0.15) is 0 Å². The molecule has 33 heavy (non-hydrogen) atoms. The van der Waals surface area contributed by atoms with Gasteiger partial charge in [0.05, 0.1) is 12.0 Å². The summed E-state index contributed by atoms with van der Waals surface area (Å²) >= 11 is 7.39. The number of methoxy groups -OCH3 is 1. The number of thioether (sulfide) groups is 1. The summed E-state index contributed by atoms with van der Waals surface area (Å²) in [6.45, 7) is 2.53. The van der Waals surface area contributed by atoms with Gasteiger partial charge in [-0.15, -0.1) is 0 Å². The van der Waals surface area contributed by atoms with Crippen molar-refractivity contribution in [2.75, 3.05) is 12.4 Å². The summed E-state index contributed by atoms with van der Waals surface area (Å²) in [5.74, 6) is 1.13. The predicted octanol–water partition coefficient (Wildman–Crippen LogP) is 6.09. The van der Waals surface area contributed by atoms with Crippen molar-refractivity contribution in [3.63, 3.8) is 0 Å². The fourth-order valence-electron chi connectivity index (χ4n) is 3.34. The molecule has 1 aliphatic rings. The highest BCUT2D eigenvalue weighted by atomic mass is 35.5. The molecule has 1 amide bonds. The largest absolute Gasteiger partial charge is 0.493 e. The number of hydrogen-bond acceptors (Lipinski definition) is 5. The minimum absolute atomic E-state index is 0.107. The number of ether oxygens (including phenoxy) is 2. The van der Waals surface area contributed by atoms with Gasteiger partial charge >= 0.3 is 0 Å². The molecule has 0 saturated carbocycles. The monoisotopic (exact) mass is 480 g/mol. The van der Waals surface area contributed by atoms with Crippen molar-refractivity contribution in [1.29, 1.82) is 0 Å². The third kappa shape index (κ3) is 6.03. The van der Waals surface area contributed by atoms with Gasteiger partial charge in [-0.1, -0.05) is 60.6 Å². The molecule has 4 rings (SSSR count). The zero-order valence-corrected chi connectivity index (χ0v) is 20.0. The Balaban J connectivity index is 1.41. The Labute approximate surface area is 203 Å². The van der Waals surface area contributed by atoms with Crippen molar-refractivity contribution in [2.45, 2.75) is 25.4 Å². The first kappa shape index (κ1) is 23.1. The fourth-order valence-corrected chi connectivity index (χ4v) is 4.45. The molecule has 3 aromatic rings. The molecule has 7 heteroatoms. The van der Waals surface area contributed by atoms with Crippen LogP contribution in [0.5, 0.6) is 11.5 Å². The lowest BCUT2D eigenvalue weighted by molar-refractivity contribution is -0.116. The normalized spacial score (nSPS) is 16.5. The summed E-state index contributed by atoms with van der Waals surface area (Å²) in [6, 6.07) is 21.4. The number of amides is 1. The van der Waals surface area contributed by atoms with Gasteiger partial charge in [0, 0.05) is 10.7 Å². The third-order valence-electron chi connectivity index (χ3n) is 5.18. The van der Waals surface area contributed by atoms with Gasteiger partial charge in [-0.3, -0.25) is 4.79 Å². The number of halogens is 1.